The summed E-state index contributed by atoms with van der Waals surface area (Å²) in [6.45, 7) is 6.12. The first kappa shape index (κ1) is 16.1. The van der Waals surface area contributed by atoms with Crippen molar-refractivity contribution < 1.29 is 4.92 Å². The highest BCUT2D eigenvalue weighted by Crippen LogP contribution is 2.37. The van der Waals surface area contributed by atoms with Gasteiger partial charge in [-0.25, -0.2) is 0 Å². The average molecular weight is 345 g/mol. The topological polar surface area (TPSA) is 55.2 Å². The Morgan fingerprint density at radius 3 is 2.24 bits per heavy atom. The van der Waals surface area contributed by atoms with Crippen LogP contribution in [0.15, 0.2) is 18.2 Å². The molecule has 0 aliphatic carbocycles. The van der Waals surface area contributed by atoms with Crippen molar-refractivity contribution >= 4 is 45.9 Å². The lowest BCUT2D eigenvalue weighted by Gasteiger charge is -2.17. The molecule has 0 bridgehead atoms. The maximum absolute atomic E-state index is 10.8. The van der Waals surface area contributed by atoms with Gasteiger partial charge in [-0.15, -0.1) is 11.3 Å². The van der Waals surface area contributed by atoms with E-state index in [-0.39, 0.29) is 21.8 Å². The third kappa shape index (κ3) is 3.48. The van der Waals surface area contributed by atoms with Crippen molar-refractivity contribution in [3.63, 3.8) is 0 Å². The monoisotopic (exact) mass is 344 g/mol. The van der Waals surface area contributed by atoms with Gasteiger partial charge in [0.15, 0.2) is 0 Å². The summed E-state index contributed by atoms with van der Waals surface area (Å²) in [6.07, 6.45) is 0. The summed E-state index contributed by atoms with van der Waals surface area (Å²) in [7, 11) is 0. The van der Waals surface area contributed by atoms with Crippen LogP contribution >= 0.6 is 34.5 Å². The van der Waals surface area contributed by atoms with Crippen molar-refractivity contribution in [3.05, 3.63) is 53.7 Å². The minimum Gasteiger partial charge on any atom is -0.376 e. The van der Waals surface area contributed by atoms with Gasteiger partial charge in [0.25, 0.3) is 5.69 Å². The van der Waals surface area contributed by atoms with Crippen LogP contribution in [0, 0.1) is 24.0 Å². The molecule has 1 N–H and O–H groups in total. The fourth-order valence-corrected chi connectivity index (χ4v) is 3.78. The third-order valence-electron chi connectivity index (χ3n) is 3.14. The molecule has 4 nitrogen and oxygen atoms in total. The number of non-ortho nitro benzene ring substituents is 1. The summed E-state index contributed by atoms with van der Waals surface area (Å²) in [4.78, 5) is 12.7. The molecule has 1 aromatic carbocycles. The van der Waals surface area contributed by atoms with Gasteiger partial charge < -0.3 is 5.32 Å². The van der Waals surface area contributed by atoms with Gasteiger partial charge in [-0.3, -0.25) is 10.1 Å². The lowest BCUT2D eigenvalue weighted by atomic mass is 10.1. The highest BCUT2D eigenvalue weighted by molar-refractivity contribution is 7.12. The first-order valence-electron chi connectivity index (χ1n) is 6.26. The normalized spacial score (nSPS) is 12.2. The summed E-state index contributed by atoms with van der Waals surface area (Å²) in [6, 6.07) is 4.72. The van der Waals surface area contributed by atoms with Crippen molar-refractivity contribution in [2.45, 2.75) is 26.8 Å². The molecule has 2 aromatic rings. The number of halogens is 2. The van der Waals surface area contributed by atoms with E-state index >= 15 is 0 Å². The predicted octanol–water partition coefficient (Wildman–Crippen LogP) is 5.75. The van der Waals surface area contributed by atoms with E-state index in [0.29, 0.717) is 5.69 Å². The quantitative estimate of drug-likeness (QED) is 0.567. The Bertz CT molecular complexity index is 677. The van der Waals surface area contributed by atoms with Crippen LogP contribution in [0.4, 0.5) is 11.4 Å². The van der Waals surface area contributed by atoms with Gasteiger partial charge in [0.1, 0.15) is 0 Å². The Kier molecular flexibility index (Phi) is 4.76. The molecule has 0 spiro atoms. The van der Waals surface area contributed by atoms with Crippen LogP contribution in [0.1, 0.15) is 28.3 Å². The lowest BCUT2D eigenvalue weighted by Crippen LogP contribution is -2.08. The minimum absolute atomic E-state index is 0.00593. The molecule has 0 aliphatic rings. The van der Waals surface area contributed by atoms with Crippen molar-refractivity contribution in [1.29, 1.82) is 0 Å². The summed E-state index contributed by atoms with van der Waals surface area (Å²) in [5, 5.41) is 14.5. The van der Waals surface area contributed by atoms with Crippen LogP contribution in [-0.4, -0.2) is 4.92 Å². The van der Waals surface area contributed by atoms with E-state index in [1.165, 1.54) is 27.5 Å². The molecule has 0 amide bonds. The number of nitrogens with one attached hydrogen (secondary N) is 1. The zero-order valence-electron chi connectivity index (χ0n) is 11.7. The molecule has 1 heterocycles. The molecule has 21 heavy (non-hydrogen) atoms. The van der Waals surface area contributed by atoms with E-state index in [1.807, 2.05) is 6.92 Å². The second-order valence-electron chi connectivity index (χ2n) is 4.78. The number of hydrogen-bond donors (Lipinski definition) is 1. The van der Waals surface area contributed by atoms with Crippen LogP contribution in [0.5, 0.6) is 0 Å². The third-order valence-corrected chi connectivity index (χ3v) is 4.72. The molecule has 0 fully saturated rings. The van der Waals surface area contributed by atoms with E-state index in [4.69, 9.17) is 23.2 Å². The summed E-state index contributed by atoms with van der Waals surface area (Å²) in [5.74, 6) is 0. The molecule has 112 valence electrons. The van der Waals surface area contributed by atoms with E-state index in [9.17, 15) is 10.1 Å². The predicted molar refractivity (Wildman–Crippen MR) is 88.9 cm³/mol. The number of hydrogen-bond acceptors (Lipinski definition) is 4. The first-order valence-corrected chi connectivity index (χ1v) is 7.83. The van der Waals surface area contributed by atoms with Gasteiger partial charge in [-0.05, 0) is 32.4 Å². The highest BCUT2D eigenvalue weighted by atomic mass is 35.5. The number of nitrogens with zero attached hydrogens (tertiary/aromatic N) is 1. The second kappa shape index (κ2) is 6.22. The first-order chi connectivity index (χ1) is 9.79. The zero-order chi connectivity index (χ0) is 15.7. The SMILES string of the molecule is Cc1cc(C(C)Nc2c(Cl)cc([N+](=O)[O-])cc2Cl)c(C)s1. The van der Waals surface area contributed by atoms with E-state index in [2.05, 4.69) is 25.2 Å². The molecular formula is C14H14Cl2N2O2S. The largest absolute Gasteiger partial charge is 0.376 e. The molecule has 1 unspecified atom stereocenters. The van der Waals surface area contributed by atoms with Crippen molar-refractivity contribution in [1.82, 2.24) is 0 Å². The van der Waals surface area contributed by atoms with Crippen molar-refractivity contribution in [3.8, 4) is 0 Å². The van der Waals surface area contributed by atoms with Crippen LogP contribution < -0.4 is 5.32 Å². The number of nitro groups is 1. The molecule has 2 rings (SSSR count). The molecule has 0 radical (unpaired) electrons. The van der Waals surface area contributed by atoms with Crippen molar-refractivity contribution in [2.75, 3.05) is 5.32 Å². The van der Waals surface area contributed by atoms with Crippen molar-refractivity contribution in [2.24, 2.45) is 0 Å². The van der Waals surface area contributed by atoms with Crippen LogP contribution in [-0.2, 0) is 0 Å². The fraction of sp³-hybridized carbons (Fsp3) is 0.286. The maximum atomic E-state index is 10.8. The van der Waals surface area contributed by atoms with Gasteiger partial charge in [-0.2, -0.15) is 0 Å². The minimum atomic E-state index is -0.517. The molecule has 0 saturated carbocycles. The highest BCUT2D eigenvalue weighted by Gasteiger charge is 2.18. The maximum Gasteiger partial charge on any atom is 0.272 e. The number of nitro benzene ring substituents is 1. The van der Waals surface area contributed by atoms with Crippen LogP contribution in [0.25, 0.3) is 0 Å². The number of anilines is 1. The lowest BCUT2D eigenvalue weighted by molar-refractivity contribution is -0.384. The Labute approximate surface area is 136 Å². The molecule has 0 saturated heterocycles. The van der Waals surface area contributed by atoms with Gasteiger partial charge in [0.05, 0.1) is 20.7 Å². The standard InChI is InChI=1S/C14H14Cl2N2O2S/c1-7-4-11(9(3)21-7)8(2)17-14-12(15)5-10(18(19)20)6-13(14)16/h4-6,8,17H,1-3H3. The Morgan fingerprint density at radius 1 is 1.24 bits per heavy atom. The molecular weight excluding hydrogens is 331 g/mol. The summed E-state index contributed by atoms with van der Waals surface area (Å²) >= 11 is 13.9. The van der Waals surface area contributed by atoms with E-state index in [1.54, 1.807) is 11.3 Å². The average Bonchev–Trinajstić information content (AvgIpc) is 2.72. The Balaban J connectivity index is 2.31. The van der Waals surface area contributed by atoms with Crippen LogP contribution in [0.3, 0.4) is 0 Å². The number of thiophene rings is 1. The van der Waals surface area contributed by atoms with Gasteiger partial charge in [0.2, 0.25) is 0 Å². The molecule has 7 heteroatoms. The Morgan fingerprint density at radius 2 is 1.81 bits per heavy atom. The fourth-order valence-electron chi connectivity index (χ4n) is 2.18. The molecule has 1 aromatic heterocycles. The smallest absolute Gasteiger partial charge is 0.272 e. The number of benzene rings is 1. The summed E-state index contributed by atoms with van der Waals surface area (Å²) in [5.41, 5.74) is 1.56. The van der Waals surface area contributed by atoms with E-state index < -0.39 is 4.92 Å². The number of aryl methyl sites for hydroxylation is 2. The van der Waals surface area contributed by atoms with E-state index in [0.717, 1.165) is 0 Å². The summed E-state index contributed by atoms with van der Waals surface area (Å²) < 4.78 is 0. The van der Waals surface area contributed by atoms with Gasteiger partial charge >= 0.3 is 0 Å². The zero-order valence-corrected chi connectivity index (χ0v) is 14.1. The van der Waals surface area contributed by atoms with Crippen LogP contribution in [0.2, 0.25) is 10.0 Å². The molecule has 0 aliphatic heterocycles. The second-order valence-corrected chi connectivity index (χ2v) is 7.05. The van der Waals surface area contributed by atoms with Gasteiger partial charge in [-0.1, -0.05) is 23.2 Å². The molecule has 1 atom stereocenters. The number of rotatable bonds is 4. The Hall–Kier alpha value is -1.30. The van der Waals surface area contributed by atoms with Gasteiger partial charge in [0, 0.05) is 27.9 Å².